The second kappa shape index (κ2) is 5.11. The summed E-state index contributed by atoms with van der Waals surface area (Å²) in [4.78, 5) is 7.93. The van der Waals surface area contributed by atoms with Gasteiger partial charge in [0.2, 0.25) is 0 Å². The monoisotopic (exact) mass is 301 g/mol. The third-order valence-electron chi connectivity index (χ3n) is 3.41. The predicted octanol–water partition coefficient (Wildman–Crippen LogP) is 3.46. The lowest BCUT2D eigenvalue weighted by atomic mass is 10.1. The highest BCUT2D eigenvalue weighted by atomic mass is 32.2. The number of benzene rings is 1. The van der Waals surface area contributed by atoms with E-state index in [0.717, 1.165) is 32.6 Å². The Morgan fingerprint density at radius 2 is 2.10 bits per heavy atom. The van der Waals surface area contributed by atoms with E-state index in [1.807, 2.05) is 17.8 Å². The number of nitrogens with two attached hydrogens (primary N) is 1. The van der Waals surface area contributed by atoms with Gasteiger partial charge in [0.15, 0.2) is 5.16 Å². The zero-order valence-corrected chi connectivity index (χ0v) is 13.5. The molecule has 0 aliphatic carbocycles. The molecule has 0 saturated carbocycles. The van der Waals surface area contributed by atoms with E-state index in [-0.39, 0.29) is 0 Å². The van der Waals surface area contributed by atoms with Crippen molar-refractivity contribution in [3.8, 4) is 0 Å². The number of aromatic nitrogens is 4. The number of aromatic amines is 1. The molecule has 0 fully saturated rings. The zero-order chi connectivity index (χ0) is 15.1. The highest BCUT2D eigenvalue weighted by Gasteiger charge is 2.18. The first-order chi connectivity index (χ1) is 9.95. The molecule has 0 saturated heterocycles. The maximum absolute atomic E-state index is 6.23. The van der Waals surface area contributed by atoms with Crippen molar-refractivity contribution >= 4 is 28.5 Å². The number of aryl methyl sites for hydroxylation is 2. The lowest BCUT2D eigenvalue weighted by Gasteiger charge is -2.01. The van der Waals surface area contributed by atoms with Crippen LogP contribution in [0, 0.1) is 6.92 Å². The summed E-state index contributed by atoms with van der Waals surface area (Å²) in [6.07, 6.45) is 0. The van der Waals surface area contributed by atoms with Crippen LogP contribution in [0.3, 0.4) is 0 Å². The molecule has 21 heavy (non-hydrogen) atoms. The molecule has 2 aromatic heterocycles. The SMILES string of the molecule is Cc1ccc2nc(Sc3c(N)c(C(C)C)nn3C)[nH]c2c1. The minimum Gasteiger partial charge on any atom is -0.395 e. The second-order valence-corrected chi connectivity index (χ2v) is 6.52. The summed E-state index contributed by atoms with van der Waals surface area (Å²) in [5.41, 5.74) is 11.1. The Hall–Kier alpha value is -1.95. The van der Waals surface area contributed by atoms with Crippen molar-refractivity contribution in [1.82, 2.24) is 19.7 Å². The third-order valence-corrected chi connectivity index (χ3v) is 4.48. The van der Waals surface area contributed by atoms with Crippen molar-refractivity contribution in [3.63, 3.8) is 0 Å². The number of nitrogens with zero attached hydrogens (tertiary/aromatic N) is 3. The van der Waals surface area contributed by atoms with Gasteiger partial charge in [0.05, 0.1) is 22.4 Å². The van der Waals surface area contributed by atoms with Crippen LogP contribution in [-0.2, 0) is 7.05 Å². The maximum Gasteiger partial charge on any atom is 0.172 e. The van der Waals surface area contributed by atoms with E-state index in [9.17, 15) is 0 Å². The van der Waals surface area contributed by atoms with Gasteiger partial charge in [0, 0.05) is 7.05 Å². The summed E-state index contributed by atoms with van der Waals surface area (Å²) in [7, 11) is 1.91. The Morgan fingerprint density at radius 1 is 1.33 bits per heavy atom. The van der Waals surface area contributed by atoms with Gasteiger partial charge in [-0.15, -0.1) is 0 Å². The van der Waals surface area contributed by atoms with Crippen molar-refractivity contribution in [1.29, 1.82) is 0 Å². The molecular weight excluding hydrogens is 282 g/mol. The van der Waals surface area contributed by atoms with Crippen LogP contribution in [0.4, 0.5) is 5.69 Å². The lowest BCUT2D eigenvalue weighted by Crippen LogP contribution is -1.94. The topological polar surface area (TPSA) is 72.5 Å². The van der Waals surface area contributed by atoms with E-state index >= 15 is 0 Å². The smallest absolute Gasteiger partial charge is 0.172 e. The van der Waals surface area contributed by atoms with Crippen LogP contribution in [0.5, 0.6) is 0 Å². The van der Waals surface area contributed by atoms with Crippen LogP contribution in [0.25, 0.3) is 11.0 Å². The first kappa shape index (κ1) is 14.0. The third kappa shape index (κ3) is 2.51. The van der Waals surface area contributed by atoms with E-state index < -0.39 is 0 Å². The van der Waals surface area contributed by atoms with Crippen LogP contribution in [0.1, 0.15) is 31.0 Å². The Labute approximate surface area is 127 Å². The molecular formula is C15H19N5S. The summed E-state index contributed by atoms with van der Waals surface area (Å²) in [5, 5.41) is 6.26. The second-order valence-electron chi connectivity index (χ2n) is 5.55. The first-order valence-corrected chi connectivity index (χ1v) is 7.74. The van der Waals surface area contributed by atoms with Gasteiger partial charge in [-0.2, -0.15) is 5.10 Å². The number of nitrogen functional groups attached to an aromatic ring is 1. The summed E-state index contributed by atoms with van der Waals surface area (Å²) < 4.78 is 1.83. The standard InChI is InChI=1S/C15H19N5S/c1-8(2)13-12(16)14(20(4)19-13)21-15-17-10-6-5-9(3)7-11(10)18-15/h5-8H,16H2,1-4H3,(H,17,18). The van der Waals surface area contributed by atoms with Gasteiger partial charge in [-0.05, 0) is 42.3 Å². The van der Waals surface area contributed by atoms with Crippen molar-refractivity contribution in [3.05, 3.63) is 29.5 Å². The summed E-state index contributed by atoms with van der Waals surface area (Å²) in [6, 6.07) is 6.18. The van der Waals surface area contributed by atoms with Crippen LogP contribution in [0.2, 0.25) is 0 Å². The first-order valence-electron chi connectivity index (χ1n) is 6.92. The van der Waals surface area contributed by atoms with Crippen LogP contribution in [0.15, 0.2) is 28.4 Å². The largest absolute Gasteiger partial charge is 0.395 e. The number of imidazole rings is 1. The van der Waals surface area contributed by atoms with E-state index in [1.165, 1.54) is 17.3 Å². The average molecular weight is 301 g/mol. The van der Waals surface area contributed by atoms with Crippen molar-refractivity contribution < 1.29 is 0 Å². The normalized spacial score (nSPS) is 11.7. The fraction of sp³-hybridized carbons (Fsp3) is 0.333. The molecule has 3 rings (SSSR count). The molecule has 6 heteroatoms. The number of hydrogen-bond donors (Lipinski definition) is 2. The van der Waals surface area contributed by atoms with Crippen LogP contribution in [-0.4, -0.2) is 19.7 Å². The average Bonchev–Trinajstić information content (AvgIpc) is 2.93. The van der Waals surface area contributed by atoms with Crippen molar-refractivity contribution in [2.24, 2.45) is 7.05 Å². The van der Waals surface area contributed by atoms with Crippen LogP contribution >= 0.6 is 11.8 Å². The Morgan fingerprint density at radius 3 is 2.76 bits per heavy atom. The molecule has 3 aromatic rings. The minimum atomic E-state index is 0.309. The zero-order valence-electron chi connectivity index (χ0n) is 12.6. The number of nitrogens with one attached hydrogen (secondary N) is 1. The molecule has 0 bridgehead atoms. The van der Waals surface area contributed by atoms with Gasteiger partial charge in [0.25, 0.3) is 0 Å². The van der Waals surface area contributed by atoms with Crippen molar-refractivity contribution in [2.45, 2.75) is 36.9 Å². The van der Waals surface area contributed by atoms with Gasteiger partial charge in [-0.1, -0.05) is 19.9 Å². The number of H-pyrrole nitrogens is 1. The Kier molecular flexibility index (Phi) is 3.41. The fourth-order valence-corrected chi connectivity index (χ4v) is 3.21. The van der Waals surface area contributed by atoms with E-state index in [2.05, 4.69) is 48.0 Å². The lowest BCUT2D eigenvalue weighted by molar-refractivity contribution is 0.670. The van der Waals surface area contributed by atoms with Crippen molar-refractivity contribution in [2.75, 3.05) is 5.73 Å². The molecule has 0 aliphatic rings. The molecule has 0 aliphatic heterocycles. The maximum atomic E-state index is 6.23. The number of fused-ring (bicyclic) bond motifs is 1. The molecule has 1 aromatic carbocycles. The number of anilines is 1. The Balaban J connectivity index is 1.98. The number of hydrogen-bond acceptors (Lipinski definition) is 4. The molecule has 0 amide bonds. The van der Waals surface area contributed by atoms with Gasteiger partial charge in [0.1, 0.15) is 5.03 Å². The molecule has 2 heterocycles. The highest BCUT2D eigenvalue weighted by Crippen LogP contribution is 2.35. The fourth-order valence-electron chi connectivity index (χ4n) is 2.33. The Bertz CT molecular complexity index is 800. The number of rotatable bonds is 3. The molecule has 0 radical (unpaired) electrons. The summed E-state index contributed by atoms with van der Waals surface area (Å²) in [6.45, 7) is 6.26. The molecule has 110 valence electrons. The van der Waals surface area contributed by atoms with Crippen LogP contribution < -0.4 is 5.73 Å². The quantitative estimate of drug-likeness (QED) is 0.777. The van der Waals surface area contributed by atoms with Gasteiger partial charge in [-0.25, -0.2) is 4.98 Å². The molecule has 3 N–H and O–H groups in total. The molecule has 0 unspecified atom stereocenters. The molecule has 0 atom stereocenters. The summed E-state index contributed by atoms with van der Waals surface area (Å²) in [5.74, 6) is 0.309. The molecule has 5 nitrogen and oxygen atoms in total. The highest BCUT2D eigenvalue weighted by molar-refractivity contribution is 7.99. The van der Waals surface area contributed by atoms with Gasteiger partial charge in [-0.3, -0.25) is 4.68 Å². The minimum absolute atomic E-state index is 0.309. The van der Waals surface area contributed by atoms with Gasteiger partial charge >= 0.3 is 0 Å². The van der Waals surface area contributed by atoms with E-state index in [4.69, 9.17) is 5.73 Å². The summed E-state index contributed by atoms with van der Waals surface area (Å²) >= 11 is 1.52. The molecule has 0 spiro atoms. The predicted molar refractivity (Wildman–Crippen MR) is 86.7 cm³/mol. The van der Waals surface area contributed by atoms with E-state index in [1.54, 1.807) is 0 Å². The van der Waals surface area contributed by atoms with E-state index in [0.29, 0.717) is 5.92 Å². The van der Waals surface area contributed by atoms with Gasteiger partial charge < -0.3 is 10.7 Å².